The van der Waals surface area contributed by atoms with Crippen molar-refractivity contribution in [2.45, 2.75) is 69.7 Å². The van der Waals surface area contributed by atoms with Crippen molar-refractivity contribution in [1.82, 2.24) is 9.97 Å². The maximum atomic E-state index is 11.8. The van der Waals surface area contributed by atoms with Gasteiger partial charge in [0.15, 0.2) is 0 Å². The second-order valence-corrected chi connectivity index (χ2v) is 9.70. The van der Waals surface area contributed by atoms with Crippen molar-refractivity contribution in [2.24, 2.45) is 23.5 Å². The van der Waals surface area contributed by atoms with Gasteiger partial charge in [0.2, 0.25) is 11.8 Å². The molecule has 5 fully saturated rings. The number of carbonyl (C=O) groups is 1. The molecule has 8 nitrogen and oxygen atoms in total. The van der Waals surface area contributed by atoms with Gasteiger partial charge in [0, 0.05) is 12.2 Å². The largest absolute Gasteiger partial charge is 0.474 e. The van der Waals surface area contributed by atoms with E-state index in [1.165, 1.54) is 6.20 Å². The molecule has 4 aliphatic carbocycles. The number of ether oxygens (including phenoxy) is 2. The zero-order valence-electron chi connectivity index (χ0n) is 17.1. The molecule has 4 saturated carbocycles. The second kappa shape index (κ2) is 6.80. The predicted octanol–water partition coefficient (Wildman–Crippen LogP) is 1.51. The van der Waals surface area contributed by atoms with E-state index in [2.05, 4.69) is 14.9 Å². The van der Waals surface area contributed by atoms with Gasteiger partial charge >= 0.3 is 0 Å². The fraction of sp³-hybridized carbons (Fsp3) is 0.762. The number of anilines is 1. The molecule has 8 heteroatoms. The number of nitrogens with two attached hydrogens (primary N) is 1. The maximum Gasteiger partial charge on any atom is 0.255 e. The van der Waals surface area contributed by atoms with Gasteiger partial charge < -0.3 is 25.2 Å². The van der Waals surface area contributed by atoms with Crippen LogP contribution < -0.4 is 15.4 Å². The van der Waals surface area contributed by atoms with E-state index >= 15 is 0 Å². The fourth-order valence-electron chi connectivity index (χ4n) is 6.30. The molecule has 4 bridgehead atoms. The summed E-state index contributed by atoms with van der Waals surface area (Å²) in [6.45, 7) is 5.07. The summed E-state index contributed by atoms with van der Waals surface area (Å²) in [4.78, 5) is 23.3. The molecule has 2 atom stereocenters. The molecule has 0 aromatic carbocycles. The molecule has 0 radical (unpaired) electrons. The zero-order valence-corrected chi connectivity index (χ0v) is 17.1. The molecule has 3 N–H and O–H groups in total. The Kier molecular flexibility index (Phi) is 4.47. The minimum absolute atomic E-state index is 0.133. The number of rotatable bonds is 6. The highest BCUT2D eigenvalue weighted by Crippen LogP contribution is 2.57. The van der Waals surface area contributed by atoms with Crippen LogP contribution in [0.3, 0.4) is 0 Å². The van der Waals surface area contributed by atoms with Gasteiger partial charge in [0.25, 0.3) is 5.91 Å². The van der Waals surface area contributed by atoms with Crippen molar-refractivity contribution >= 4 is 11.9 Å². The molecule has 2 unspecified atom stereocenters. The van der Waals surface area contributed by atoms with Crippen LogP contribution in [-0.4, -0.2) is 58.0 Å². The van der Waals surface area contributed by atoms with Crippen molar-refractivity contribution in [3.05, 3.63) is 11.8 Å². The monoisotopic (exact) mass is 402 g/mol. The lowest BCUT2D eigenvalue weighted by atomic mass is 9.52. The molecule has 0 spiro atoms. The summed E-state index contributed by atoms with van der Waals surface area (Å²) in [7, 11) is 0. The molecule has 1 aromatic heterocycles. The number of nitrogens with zero attached hydrogens (tertiary/aromatic N) is 3. The Morgan fingerprint density at radius 1 is 1.31 bits per heavy atom. The summed E-state index contributed by atoms with van der Waals surface area (Å²) in [5.41, 5.74) is 5.22. The van der Waals surface area contributed by atoms with Crippen LogP contribution in [0.5, 0.6) is 5.88 Å². The third kappa shape index (κ3) is 3.26. The van der Waals surface area contributed by atoms with E-state index in [0.29, 0.717) is 36.9 Å². The van der Waals surface area contributed by atoms with Crippen molar-refractivity contribution in [3.8, 4) is 5.88 Å². The molecule has 1 amide bonds. The smallest absolute Gasteiger partial charge is 0.255 e. The first-order valence-corrected chi connectivity index (χ1v) is 10.7. The Morgan fingerprint density at radius 2 is 2.00 bits per heavy atom. The first kappa shape index (κ1) is 19.1. The van der Waals surface area contributed by atoms with Gasteiger partial charge in [-0.1, -0.05) is 0 Å². The van der Waals surface area contributed by atoms with E-state index in [9.17, 15) is 9.90 Å². The van der Waals surface area contributed by atoms with Gasteiger partial charge in [0.05, 0.1) is 31.0 Å². The van der Waals surface area contributed by atoms with Crippen molar-refractivity contribution in [2.75, 3.05) is 18.1 Å². The quantitative estimate of drug-likeness (QED) is 0.742. The lowest BCUT2D eigenvalue weighted by Gasteiger charge is -2.61. The van der Waals surface area contributed by atoms with Crippen molar-refractivity contribution in [1.29, 1.82) is 0 Å². The summed E-state index contributed by atoms with van der Waals surface area (Å²) in [6, 6.07) is 0.491. The van der Waals surface area contributed by atoms with Crippen LogP contribution in [0.25, 0.3) is 0 Å². The minimum atomic E-state index is -0.595. The van der Waals surface area contributed by atoms with Gasteiger partial charge in [-0.3, -0.25) is 4.79 Å². The third-order valence-corrected chi connectivity index (χ3v) is 7.11. The molecule has 1 aromatic rings. The number of aromatic nitrogens is 2. The number of carbonyl (C=O) groups excluding carboxylic acids is 1. The Bertz CT molecular complexity index is 796. The van der Waals surface area contributed by atoms with E-state index in [-0.39, 0.29) is 29.6 Å². The van der Waals surface area contributed by atoms with E-state index in [1.807, 2.05) is 13.8 Å². The minimum Gasteiger partial charge on any atom is -0.474 e. The number of hydrogen-bond acceptors (Lipinski definition) is 7. The predicted molar refractivity (Wildman–Crippen MR) is 106 cm³/mol. The van der Waals surface area contributed by atoms with Gasteiger partial charge in [-0.25, -0.2) is 4.98 Å². The molecular weight excluding hydrogens is 372 g/mol. The Balaban J connectivity index is 1.52. The third-order valence-electron chi connectivity index (χ3n) is 7.11. The second-order valence-electron chi connectivity index (χ2n) is 9.70. The van der Waals surface area contributed by atoms with Crippen LogP contribution in [0, 0.1) is 17.8 Å². The Morgan fingerprint density at radius 3 is 2.52 bits per heavy atom. The van der Waals surface area contributed by atoms with Crippen LogP contribution >= 0.6 is 0 Å². The van der Waals surface area contributed by atoms with Crippen LogP contribution in [0.1, 0.15) is 56.3 Å². The molecule has 1 aliphatic heterocycles. The molecule has 1 saturated heterocycles. The Hall–Kier alpha value is -1.93. The average molecular weight is 402 g/mol. The van der Waals surface area contributed by atoms with Crippen LogP contribution in [0.15, 0.2) is 6.20 Å². The summed E-state index contributed by atoms with van der Waals surface area (Å²) in [5.74, 6) is 1.71. The summed E-state index contributed by atoms with van der Waals surface area (Å²) >= 11 is 0. The first-order chi connectivity index (χ1) is 13.8. The zero-order chi connectivity index (χ0) is 20.3. The summed E-state index contributed by atoms with van der Waals surface area (Å²) < 4.78 is 11.3. The lowest BCUT2D eigenvalue weighted by molar-refractivity contribution is -0.138. The number of hydrogen-bond donors (Lipinski definition) is 2. The molecular formula is C21H30N4O4. The van der Waals surface area contributed by atoms with Crippen LogP contribution in [0.4, 0.5) is 5.95 Å². The first-order valence-electron chi connectivity index (χ1n) is 10.7. The molecule has 2 heterocycles. The topological polar surface area (TPSA) is 111 Å². The number of aliphatic hydroxyl groups is 1. The highest BCUT2D eigenvalue weighted by atomic mass is 16.5. The maximum absolute atomic E-state index is 11.8. The van der Waals surface area contributed by atoms with E-state index in [4.69, 9.17) is 15.2 Å². The average Bonchev–Trinajstić information content (AvgIpc) is 2.56. The fourth-order valence-corrected chi connectivity index (χ4v) is 6.30. The number of amides is 1. The lowest BCUT2D eigenvalue weighted by Crippen LogP contribution is -2.66. The molecule has 6 rings (SSSR count). The van der Waals surface area contributed by atoms with Crippen molar-refractivity contribution in [3.63, 3.8) is 0 Å². The Labute approximate surface area is 170 Å². The molecule has 158 valence electrons. The highest BCUT2D eigenvalue weighted by Gasteiger charge is 2.57. The van der Waals surface area contributed by atoms with E-state index in [1.54, 1.807) is 0 Å². The van der Waals surface area contributed by atoms with E-state index < -0.39 is 11.5 Å². The van der Waals surface area contributed by atoms with Crippen LogP contribution in [-0.2, 0) is 4.74 Å². The van der Waals surface area contributed by atoms with Gasteiger partial charge in [-0.05, 0) is 63.7 Å². The van der Waals surface area contributed by atoms with Crippen molar-refractivity contribution < 1.29 is 19.4 Å². The standard InChI is InChI=1S/C21H30N4O4/c1-11(2)29-19-16(18(22)26)8-23-20(24-19)25(15-9-28-10-15)17-13-3-12-4-14(17)7-21(27,5-12)6-13/h8,11-15,17,27H,3-7,9-10H2,1-2H3,(H2,22,26). The van der Waals surface area contributed by atoms with Crippen LogP contribution in [0.2, 0.25) is 0 Å². The SMILES string of the molecule is CC(C)Oc1nc(N(C2COC2)C2C3CC4CC2CC(O)(C4)C3)ncc1C(N)=O. The molecule has 29 heavy (non-hydrogen) atoms. The van der Waals surface area contributed by atoms with Gasteiger partial charge in [0.1, 0.15) is 5.56 Å². The van der Waals surface area contributed by atoms with Gasteiger partial charge in [-0.2, -0.15) is 4.98 Å². The summed E-state index contributed by atoms with van der Waals surface area (Å²) in [5, 5.41) is 11.0. The normalized spacial score (nSPS) is 35.6. The number of primary amides is 1. The molecule has 5 aliphatic rings. The van der Waals surface area contributed by atoms with E-state index in [0.717, 1.165) is 32.1 Å². The highest BCUT2D eigenvalue weighted by molar-refractivity contribution is 5.94. The summed E-state index contributed by atoms with van der Waals surface area (Å²) in [6.07, 6.45) is 6.32. The van der Waals surface area contributed by atoms with Gasteiger partial charge in [-0.15, -0.1) is 0 Å².